The maximum absolute atomic E-state index is 5.95. The fourth-order valence-electron chi connectivity index (χ4n) is 2.30. The lowest BCUT2D eigenvalue weighted by molar-refractivity contribution is 1.28. The highest BCUT2D eigenvalue weighted by Gasteiger charge is 2.11. The molecule has 0 saturated heterocycles. The Morgan fingerprint density at radius 2 is 1.29 bits per heavy atom. The Hall–Kier alpha value is -2.00. The Balaban J connectivity index is 2.16. The van der Waals surface area contributed by atoms with Crippen LogP contribution in [0, 0.1) is 0 Å². The lowest BCUT2D eigenvalue weighted by atomic mass is 9.95. The summed E-state index contributed by atoms with van der Waals surface area (Å²) in [5.41, 5.74) is 3.98. The van der Waals surface area contributed by atoms with Crippen molar-refractivity contribution in [3.05, 3.63) is 83.3 Å². The summed E-state index contributed by atoms with van der Waals surface area (Å²) in [6.45, 7) is 0. The molecule has 2 radical (unpaired) electrons. The zero-order valence-corrected chi connectivity index (χ0v) is 13.0. The summed E-state index contributed by atoms with van der Waals surface area (Å²) >= 11 is 3.54. The molecule has 3 rings (SSSR count). The van der Waals surface area contributed by atoms with Crippen LogP contribution in [0.15, 0.2) is 83.3 Å². The fraction of sp³-hybridized carbons (Fsp3) is 0. The summed E-state index contributed by atoms with van der Waals surface area (Å²) in [6.07, 6.45) is 0. The molecule has 0 spiro atoms. The number of benzene rings is 3. The highest BCUT2D eigenvalue weighted by Crippen LogP contribution is 2.34. The lowest BCUT2D eigenvalue weighted by Gasteiger charge is -2.26. The first kappa shape index (κ1) is 14.0. The smallest absolute Gasteiger partial charge is 0.113 e. The van der Waals surface area contributed by atoms with E-state index in [0.717, 1.165) is 27.0 Å². The van der Waals surface area contributed by atoms with Gasteiger partial charge in [0, 0.05) is 21.5 Å². The molecule has 1 nitrogen and oxygen atoms in total. The Labute approximate surface area is 134 Å². The van der Waals surface area contributed by atoms with Gasteiger partial charge < -0.3 is 4.90 Å². The van der Waals surface area contributed by atoms with Crippen molar-refractivity contribution in [2.24, 2.45) is 0 Å². The average Bonchev–Trinajstić information content (AvgIpc) is 2.49. The van der Waals surface area contributed by atoms with E-state index < -0.39 is 0 Å². The summed E-state index contributed by atoms with van der Waals surface area (Å²) in [6, 6.07) is 26.4. The number of hydrogen-bond acceptors (Lipinski definition) is 1. The second-order valence-corrected chi connectivity index (χ2v) is 5.66. The van der Waals surface area contributed by atoms with Crippen molar-refractivity contribution in [2.45, 2.75) is 0 Å². The highest BCUT2D eigenvalue weighted by molar-refractivity contribution is 9.10. The van der Waals surface area contributed by atoms with Gasteiger partial charge in [-0.25, -0.2) is 0 Å². The molecule has 0 N–H and O–H groups in total. The molecule has 0 unspecified atom stereocenters. The van der Waals surface area contributed by atoms with Gasteiger partial charge in [0.15, 0.2) is 0 Å². The summed E-state index contributed by atoms with van der Waals surface area (Å²) in [7, 11) is 5.95. The van der Waals surface area contributed by atoms with Crippen LogP contribution in [0.4, 0.5) is 17.1 Å². The second kappa shape index (κ2) is 6.19. The third-order valence-corrected chi connectivity index (χ3v) is 3.70. The zero-order chi connectivity index (χ0) is 14.7. The Morgan fingerprint density at radius 1 is 0.667 bits per heavy atom. The number of rotatable bonds is 3. The molecular weight excluding hydrogens is 321 g/mol. The first-order chi connectivity index (χ1) is 10.2. The van der Waals surface area contributed by atoms with Gasteiger partial charge in [-0.05, 0) is 42.5 Å². The maximum atomic E-state index is 5.95. The predicted molar refractivity (Wildman–Crippen MR) is 94.2 cm³/mol. The molecule has 0 saturated carbocycles. The topological polar surface area (TPSA) is 3.24 Å². The Kier molecular flexibility index (Phi) is 4.12. The van der Waals surface area contributed by atoms with Crippen molar-refractivity contribution in [3.63, 3.8) is 0 Å². The van der Waals surface area contributed by atoms with Crippen LogP contribution >= 0.6 is 15.9 Å². The van der Waals surface area contributed by atoms with Gasteiger partial charge in [0.1, 0.15) is 7.85 Å². The van der Waals surface area contributed by atoms with Crippen molar-refractivity contribution in [1.82, 2.24) is 0 Å². The molecule has 0 amide bonds. The van der Waals surface area contributed by atoms with Crippen LogP contribution in [-0.4, -0.2) is 7.85 Å². The second-order valence-electron chi connectivity index (χ2n) is 4.75. The van der Waals surface area contributed by atoms with E-state index in [1.807, 2.05) is 48.5 Å². The molecule has 0 aliphatic rings. The first-order valence-corrected chi connectivity index (χ1v) is 7.49. The summed E-state index contributed by atoms with van der Waals surface area (Å²) in [5.74, 6) is 0. The minimum absolute atomic E-state index is 0.753. The highest BCUT2D eigenvalue weighted by atomic mass is 79.9. The molecule has 0 heterocycles. The Bertz CT molecular complexity index is 697. The van der Waals surface area contributed by atoms with Crippen LogP contribution in [0.5, 0.6) is 0 Å². The monoisotopic (exact) mass is 333 g/mol. The van der Waals surface area contributed by atoms with Crippen LogP contribution in [0.1, 0.15) is 0 Å². The van der Waals surface area contributed by atoms with Crippen molar-refractivity contribution in [2.75, 3.05) is 4.90 Å². The molecule has 3 aromatic rings. The SMILES string of the molecule is [B]c1cccc(N(c2ccccc2)c2cccc(Br)c2)c1. The van der Waals surface area contributed by atoms with Crippen LogP contribution < -0.4 is 10.4 Å². The van der Waals surface area contributed by atoms with Gasteiger partial charge in [-0.3, -0.25) is 0 Å². The van der Waals surface area contributed by atoms with E-state index >= 15 is 0 Å². The van der Waals surface area contributed by atoms with Gasteiger partial charge in [-0.2, -0.15) is 0 Å². The molecule has 100 valence electrons. The fourth-order valence-corrected chi connectivity index (χ4v) is 2.69. The molecule has 3 aromatic carbocycles. The van der Waals surface area contributed by atoms with E-state index in [1.54, 1.807) is 0 Å². The number of nitrogens with zero attached hydrogens (tertiary/aromatic N) is 1. The molecular formula is C18H13BBrN. The standard InChI is InChI=1S/C18H13BBrN/c19-14-6-4-10-17(12-14)21(16-8-2-1-3-9-16)18-11-5-7-15(20)13-18/h1-13H. The van der Waals surface area contributed by atoms with Crippen LogP contribution in [0.3, 0.4) is 0 Å². The number of halogens is 1. The van der Waals surface area contributed by atoms with E-state index in [9.17, 15) is 0 Å². The molecule has 0 aromatic heterocycles. The maximum Gasteiger partial charge on any atom is 0.113 e. The van der Waals surface area contributed by atoms with Gasteiger partial charge in [0.2, 0.25) is 0 Å². The van der Waals surface area contributed by atoms with E-state index in [2.05, 4.69) is 51.2 Å². The van der Waals surface area contributed by atoms with Crippen molar-refractivity contribution in [1.29, 1.82) is 0 Å². The van der Waals surface area contributed by atoms with Gasteiger partial charge in [-0.1, -0.05) is 57.8 Å². The molecule has 0 bridgehead atoms. The van der Waals surface area contributed by atoms with E-state index in [0.29, 0.717) is 0 Å². The number of para-hydroxylation sites is 1. The summed E-state index contributed by atoms with van der Waals surface area (Å²) in [5, 5.41) is 0. The molecule has 3 heteroatoms. The first-order valence-electron chi connectivity index (χ1n) is 6.70. The van der Waals surface area contributed by atoms with E-state index in [1.165, 1.54) is 0 Å². The molecule has 0 aliphatic heterocycles. The quantitative estimate of drug-likeness (QED) is 0.627. The molecule has 0 atom stereocenters. The molecule has 0 fully saturated rings. The lowest BCUT2D eigenvalue weighted by Crippen LogP contribution is -2.12. The van der Waals surface area contributed by atoms with Gasteiger partial charge in [0.05, 0.1) is 0 Å². The summed E-state index contributed by atoms with van der Waals surface area (Å²) < 4.78 is 1.05. The largest absolute Gasteiger partial charge is 0.310 e. The van der Waals surface area contributed by atoms with Crippen LogP contribution in [0.25, 0.3) is 0 Å². The van der Waals surface area contributed by atoms with Crippen molar-refractivity contribution < 1.29 is 0 Å². The van der Waals surface area contributed by atoms with Crippen LogP contribution in [-0.2, 0) is 0 Å². The minimum atomic E-state index is 0.753. The number of hydrogen-bond donors (Lipinski definition) is 0. The van der Waals surface area contributed by atoms with Crippen LogP contribution in [0.2, 0.25) is 0 Å². The van der Waals surface area contributed by atoms with E-state index in [-0.39, 0.29) is 0 Å². The predicted octanol–water partition coefficient (Wildman–Crippen LogP) is 4.71. The summed E-state index contributed by atoms with van der Waals surface area (Å²) in [4.78, 5) is 2.18. The third kappa shape index (κ3) is 3.19. The van der Waals surface area contributed by atoms with Crippen molar-refractivity contribution >= 4 is 46.3 Å². The molecule has 21 heavy (non-hydrogen) atoms. The zero-order valence-electron chi connectivity index (χ0n) is 11.4. The van der Waals surface area contributed by atoms with E-state index in [4.69, 9.17) is 7.85 Å². The van der Waals surface area contributed by atoms with Gasteiger partial charge in [-0.15, -0.1) is 0 Å². The molecule has 0 aliphatic carbocycles. The normalized spacial score (nSPS) is 10.3. The van der Waals surface area contributed by atoms with Crippen molar-refractivity contribution in [3.8, 4) is 0 Å². The number of anilines is 3. The minimum Gasteiger partial charge on any atom is -0.310 e. The Morgan fingerprint density at radius 3 is 1.95 bits per heavy atom. The third-order valence-electron chi connectivity index (χ3n) is 3.21. The van der Waals surface area contributed by atoms with Gasteiger partial charge in [0.25, 0.3) is 0 Å². The average molecular weight is 334 g/mol. The van der Waals surface area contributed by atoms with Gasteiger partial charge >= 0.3 is 0 Å².